The molecule has 0 saturated heterocycles. The first-order chi connectivity index (χ1) is 8.50. The highest BCUT2D eigenvalue weighted by Crippen LogP contribution is 2.25. The first-order valence-electron chi connectivity index (χ1n) is 5.58. The molecule has 1 aromatic carbocycles. The van der Waals surface area contributed by atoms with E-state index in [2.05, 4.69) is 40.1 Å². The summed E-state index contributed by atoms with van der Waals surface area (Å²) < 4.78 is 13.9. The van der Waals surface area contributed by atoms with Crippen LogP contribution < -0.4 is 5.32 Å². The molecule has 0 bridgehead atoms. The second-order valence-corrected chi connectivity index (χ2v) is 6.22. The highest BCUT2D eigenvalue weighted by atomic mass is 79.9. The van der Waals surface area contributed by atoms with Crippen LogP contribution in [0.15, 0.2) is 34.2 Å². The molecule has 0 amide bonds. The van der Waals surface area contributed by atoms with Crippen molar-refractivity contribution in [2.75, 3.05) is 0 Å². The Morgan fingerprint density at radius 2 is 2.22 bits per heavy atom. The van der Waals surface area contributed by atoms with Crippen LogP contribution in [0.4, 0.5) is 4.39 Å². The number of nitrogens with zero attached hydrogens (tertiary/aromatic N) is 1. The average molecular weight is 329 g/mol. The third-order valence-electron chi connectivity index (χ3n) is 2.72. The molecule has 2 rings (SSSR count). The van der Waals surface area contributed by atoms with Crippen molar-refractivity contribution in [2.45, 2.75) is 25.9 Å². The fourth-order valence-corrected chi connectivity index (χ4v) is 2.75. The number of hydrogen-bond acceptors (Lipinski definition) is 3. The molecule has 18 heavy (non-hydrogen) atoms. The van der Waals surface area contributed by atoms with Crippen LogP contribution >= 0.6 is 27.3 Å². The van der Waals surface area contributed by atoms with Gasteiger partial charge >= 0.3 is 0 Å². The van der Waals surface area contributed by atoms with E-state index in [1.165, 1.54) is 6.07 Å². The summed E-state index contributed by atoms with van der Waals surface area (Å²) in [6.07, 6.45) is 1.79. The minimum Gasteiger partial charge on any atom is -0.302 e. The lowest BCUT2D eigenvalue weighted by Crippen LogP contribution is -2.35. The summed E-state index contributed by atoms with van der Waals surface area (Å²) in [5.74, 6) is -0.235. The predicted octanol–water partition coefficient (Wildman–Crippen LogP) is 4.07. The van der Waals surface area contributed by atoms with Crippen molar-refractivity contribution in [3.63, 3.8) is 0 Å². The third kappa shape index (κ3) is 2.96. The lowest BCUT2D eigenvalue weighted by Gasteiger charge is -2.24. The Bertz CT molecular complexity index is 526. The molecular weight excluding hydrogens is 315 g/mol. The highest BCUT2D eigenvalue weighted by molar-refractivity contribution is 9.10. The van der Waals surface area contributed by atoms with Crippen molar-refractivity contribution in [2.24, 2.45) is 0 Å². The first kappa shape index (κ1) is 13.6. The molecule has 0 aliphatic carbocycles. The lowest BCUT2D eigenvalue weighted by molar-refractivity contribution is 0.398. The minimum atomic E-state index is -0.235. The number of hydrogen-bond donors (Lipinski definition) is 1. The second-order valence-electron chi connectivity index (χ2n) is 4.53. The van der Waals surface area contributed by atoms with Gasteiger partial charge in [-0.2, -0.15) is 0 Å². The van der Waals surface area contributed by atoms with E-state index in [1.54, 1.807) is 23.6 Å². The quantitative estimate of drug-likeness (QED) is 0.915. The molecular formula is C13H14BrFN2S. The van der Waals surface area contributed by atoms with Gasteiger partial charge in [-0.3, -0.25) is 0 Å². The average Bonchev–Trinajstić information content (AvgIpc) is 2.85. The molecule has 1 N–H and O–H groups in total. The predicted molar refractivity (Wildman–Crippen MR) is 76.1 cm³/mol. The Morgan fingerprint density at radius 1 is 1.44 bits per heavy atom. The van der Waals surface area contributed by atoms with Crippen molar-refractivity contribution in [1.82, 2.24) is 10.3 Å². The van der Waals surface area contributed by atoms with Gasteiger partial charge in [-0.15, -0.1) is 11.3 Å². The molecule has 0 atom stereocenters. The zero-order valence-electron chi connectivity index (χ0n) is 10.2. The van der Waals surface area contributed by atoms with Crippen LogP contribution in [-0.2, 0) is 12.1 Å². The van der Waals surface area contributed by atoms with Crippen molar-refractivity contribution in [1.29, 1.82) is 0 Å². The smallest absolute Gasteiger partial charge is 0.137 e. The van der Waals surface area contributed by atoms with Gasteiger partial charge in [0.2, 0.25) is 0 Å². The number of benzene rings is 1. The van der Waals surface area contributed by atoms with Gasteiger partial charge in [0.25, 0.3) is 0 Å². The number of thiazole rings is 1. The van der Waals surface area contributed by atoms with Crippen LogP contribution in [0, 0.1) is 5.82 Å². The van der Waals surface area contributed by atoms with Crippen LogP contribution in [0.1, 0.15) is 24.4 Å². The van der Waals surface area contributed by atoms with E-state index in [4.69, 9.17) is 0 Å². The summed E-state index contributed by atoms with van der Waals surface area (Å²) >= 11 is 4.88. The summed E-state index contributed by atoms with van der Waals surface area (Å²) in [6.45, 7) is 4.73. The SMILES string of the molecule is CC(C)(NCc1cccc(F)c1Br)c1nccs1. The molecule has 0 saturated carbocycles. The van der Waals surface area contributed by atoms with Gasteiger partial charge in [0.15, 0.2) is 0 Å². The van der Waals surface area contributed by atoms with Gasteiger partial charge in [0.1, 0.15) is 10.8 Å². The Labute approximate surface area is 118 Å². The van der Waals surface area contributed by atoms with Gasteiger partial charge in [-0.25, -0.2) is 9.37 Å². The summed E-state index contributed by atoms with van der Waals surface area (Å²) in [5.41, 5.74) is 0.680. The van der Waals surface area contributed by atoms with E-state index in [1.807, 2.05) is 11.4 Å². The van der Waals surface area contributed by atoms with Crippen LogP contribution in [0.25, 0.3) is 0 Å². The fraction of sp³-hybridized carbons (Fsp3) is 0.308. The summed E-state index contributed by atoms with van der Waals surface area (Å²) in [6, 6.07) is 5.06. The molecule has 5 heteroatoms. The molecule has 1 heterocycles. The number of aromatic nitrogens is 1. The Balaban J connectivity index is 2.10. The van der Waals surface area contributed by atoms with E-state index in [0.717, 1.165) is 10.6 Å². The topological polar surface area (TPSA) is 24.9 Å². The van der Waals surface area contributed by atoms with E-state index in [9.17, 15) is 4.39 Å². The van der Waals surface area contributed by atoms with Crippen molar-refractivity contribution >= 4 is 27.3 Å². The minimum absolute atomic E-state index is 0.222. The summed E-state index contributed by atoms with van der Waals surface area (Å²) in [4.78, 5) is 4.31. The molecule has 0 aliphatic rings. The molecule has 0 spiro atoms. The number of rotatable bonds is 4. The monoisotopic (exact) mass is 328 g/mol. The Kier molecular flexibility index (Phi) is 4.14. The first-order valence-corrected chi connectivity index (χ1v) is 7.26. The molecule has 0 unspecified atom stereocenters. The maximum Gasteiger partial charge on any atom is 0.137 e. The van der Waals surface area contributed by atoms with Gasteiger partial charge in [-0.1, -0.05) is 12.1 Å². The molecule has 2 aromatic rings. The van der Waals surface area contributed by atoms with Gasteiger partial charge in [-0.05, 0) is 41.4 Å². The third-order valence-corrected chi connectivity index (χ3v) is 4.70. The highest BCUT2D eigenvalue weighted by Gasteiger charge is 2.22. The van der Waals surface area contributed by atoms with Crippen molar-refractivity contribution < 1.29 is 4.39 Å². The summed E-state index contributed by atoms with van der Waals surface area (Å²) in [7, 11) is 0. The van der Waals surface area contributed by atoms with E-state index in [-0.39, 0.29) is 11.4 Å². The van der Waals surface area contributed by atoms with Crippen LogP contribution in [0.3, 0.4) is 0 Å². The van der Waals surface area contributed by atoms with Crippen LogP contribution in [0.5, 0.6) is 0 Å². The Morgan fingerprint density at radius 3 is 2.89 bits per heavy atom. The number of halogens is 2. The molecule has 0 fully saturated rings. The zero-order valence-corrected chi connectivity index (χ0v) is 12.6. The zero-order chi connectivity index (χ0) is 13.2. The van der Waals surface area contributed by atoms with Crippen LogP contribution in [-0.4, -0.2) is 4.98 Å². The molecule has 2 nitrogen and oxygen atoms in total. The van der Waals surface area contributed by atoms with E-state index >= 15 is 0 Å². The lowest BCUT2D eigenvalue weighted by atomic mass is 10.1. The molecule has 0 radical (unpaired) electrons. The van der Waals surface area contributed by atoms with Gasteiger partial charge in [0, 0.05) is 18.1 Å². The molecule has 0 aliphatic heterocycles. The van der Waals surface area contributed by atoms with Crippen molar-refractivity contribution in [3.05, 3.63) is 50.6 Å². The standard InChI is InChI=1S/C13H14BrFN2S/c1-13(2,12-16-6-7-18-12)17-8-9-4-3-5-10(15)11(9)14/h3-7,17H,8H2,1-2H3. The second kappa shape index (κ2) is 5.47. The maximum atomic E-state index is 13.4. The number of nitrogens with one attached hydrogen (secondary N) is 1. The molecule has 1 aromatic heterocycles. The normalized spacial score (nSPS) is 11.8. The van der Waals surface area contributed by atoms with Gasteiger partial charge in [0.05, 0.1) is 10.0 Å². The van der Waals surface area contributed by atoms with E-state index < -0.39 is 0 Å². The van der Waals surface area contributed by atoms with Gasteiger partial charge < -0.3 is 5.32 Å². The summed E-state index contributed by atoms with van der Waals surface area (Å²) in [5, 5.41) is 6.38. The fourth-order valence-electron chi connectivity index (χ4n) is 1.61. The van der Waals surface area contributed by atoms with Crippen molar-refractivity contribution in [3.8, 4) is 0 Å². The van der Waals surface area contributed by atoms with Crippen LogP contribution in [0.2, 0.25) is 0 Å². The Hall–Kier alpha value is -0.780. The maximum absolute atomic E-state index is 13.4. The molecule has 96 valence electrons. The van der Waals surface area contributed by atoms with E-state index in [0.29, 0.717) is 11.0 Å². The largest absolute Gasteiger partial charge is 0.302 e.